The lowest BCUT2D eigenvalue weighted by molar-refractivity contribution is 1.19. The molecule has 0 saturated heterocycles. The van der Waals surface area contributed by atoms with E-state index in [0.717, 1.165) is 28.1 Å². The highest BCUT2D eigenvalue weighted by molar-refractivity contribution is 7.26. The molecular weight excluding hydrogens is 685 g/mol. The quantitative estimate of drug-likeness (QED) is 0.131. The summed E-state index contributed by atoms with van der Waals surface area (Å²) in [6.07, 6.45) is 0. The van der Waals surface area contributed by atoms with E-state index in [1.807, 2.05) is 17.4 Å². The van der Waals surface area contributed by atoms with Crippen LogP contribution in [-0.2, 0) is 0 Å². The Morgan fingerprint density at radius 3 is 1.76 bits per heavy atom. The Morgan fingerprint density at radius 2 is 0.945 bits per heavy atom. The zero-order valence-corrected chi connectivity index (χ0v) is 30.6. The second-order valence-electron chi connectivity index (χ2n) is 14.1. The van der Waals surface area contributed by atoms with Crippen LogP contribution in [0.5, 0.6) is 0 Å². The second-order valence-corrected chi connectivity index (χ2v) is 15.1. The van der Waals surface area contributed by atoms with Crippen LogP contribution in [0.4, 0.5) is 0 Å². The Morgan fingerprint density at radius 1 is 0.345 bits per heavy atom. The van der Waals surface area contributed by atoms with E-state index in [0.29, 0.717) is 5.82 Å². The van der Waals surface area contributed by atoms with Gasteiger partial charge in [0.15, 0.2) is 5.82 Å². The number of aromatic nitrogens is 2. The van der Waals surface area contributed by atoms with Crippen molar-refractivity contribution in [3.05, 3.63) is 194 Å². The fourth-order valence-electron chi connectivity index (χ4n) is 8.39. The Bertz CT molecular complexity index is 3250. The van der Waals surface area contributed by atoms with Crippen LogP contribution in [-0.4, -0.2) is 9.97 Å². The number of rotatable bonds is 5. The first kappa shape index (κ1) is 31.6. The van der Waals surface area contributed by atoms with Gasteiger partial charge in [-0.1, -0.05) is 176 Å². The van der Waals surface area contributed by atoms with Crippen molar-refractivity contribution in [2.75, 3.05) is 0 Å². The Hall–Kier alpha value is -6.94. The van der Waals surface area contributed by atoms with Crippen molar-refractivity contribution in [1.82, 2.24) is 9.97 Å². The van der Waals surface area contributed by atoms with Crippen molar-refractivity contribution in [1.29, 1.82) is 0 Å². The monoisotopic (exact) mass is 716 g/mol. The summed E-state index contributed by atoms with van der Waals surface area (Å²) in [5.41, 5.74) is 9.78. The molecule has 11 rings (SSSR count). The van der Waals surface area contributed by atoms with E-state index in [4.69, 9.17) is 9.97 Å². The van der Waals surface area contributed by atoms with Crippen molar-refractivity contribution < 1.29 is 0 Å². The summed E-state index contributed by atoms with van der Waals surface area (Å²) in [6, 6.07) is 69.7. The van der Waals surface area contributed by atoms with Gasteiger partial charge < -0.3 is 0 Å². The Kier molecular flexibility index (Phi) is 7.39. The Labute approximate surface area is 322 Å². The number of nitrogens with zero attached hydrogens (tertiary/aromatic N) is 2. The average Bonchev–Trinajstić information content (AvgIpc) is 3.65. The van der Waals surface area contributed by atoms with Crippen LogP contribution < -0.4 is 0 Å². The van der Waals surface area contributed by atoms with Crippen molar-refractivity contribution >= 4 is 63.8 Å². The molecule has 55 heavy (non-hydrogen) atoms. The lowest BCUT2D eigenvalue weighted by atomic mass is 9.85. The lowest BCUT2D eigenvalue weighted by Gasteiger charge is -2.19. The zero-order chi connectivity index (χ0) is 36.3. The summed E-state index contributed by atoms with van der Waals surface area (Å²) in [5.74, 6) is 0.703. The third kappa shape index (κ3) is 5.24. The molecule has 0 aliphatic rings. The number of fused-ring (bicyclic) bond motifs is 7. The third-order valence-electron chi connectivity index (χ3n) is 10.9. The summed E-state index contributed by atoms with van der Waals surface area (Å²) in [5, 5.41) is 9.78. The number of hydrogen-bond donors (Lipinski definition) is 0. The zero-order valence-electron chi connectivity index (χ0n) is 29.8. The maximum Gasteiger partial charge on any atom is 0.160 e. The minimum absolute atomic E-state index is 0.703. The van der Waals surface area contributed by atoms with Gasteiger partial charge in [-0.2, -0.15) is 0 Å². The first-order valence-corrected chi connectivity index (χ1v) is 19.5. The molecular formula is C52H32N2S. The molecule has 0 unspecified atom stereocenters. The van der Waals surface area contributed by atoms with Gasteiger partial charge in [0, 0.05) is 42.2 Å². The number of benzene rings is 9. The molecule has 0 N–H and O–H groups in total. The van der Waals surface area contributed by atoms with Crippen molar-refractivity contribution in [2.24, 2.45) is 0 Å². The van der Waals surface area contributed by atoms with Gasteiger partial charge in [0.2, 0.25) is 0 Å². The summed E-state index contributed by atoms with van der Waals surface area (Å²) in [7, 11) is 0. The minimum atomic E-state index is 0.703. The van der Waals surface area contributed by atoms with Crippen LogP contribution in [0.1, 0.15) is 0 Å². The van der Waals surface area contributed by atoms with E-state index in [1.54, 1.807) is 0 Å². The molecule has 0 spiro atoms. The van der Waals surface area contributed by atoms with Crippen molar-refractivity contribution in [3.8, 4) is 56.2 Å². The molecule has 0 fully saturated rings. The first-order chi connectivity index (χ1) is 27.3. The van der Waals surface area contributed by atoms with E-state index < -0.39 is 0 Å². The van der Waals surface area contributed by atoms with Gasteiger partial charge in [0.1, 0.15) is 0 Å². The summed E-state index contributed by atoms with van der Waals surface area (Å²) in [4.78, 5) is 10.8. The molecule has 2 heterocycles. The molecule has 3 heteroatoms. The van der Waals surface area contributed by atoms with Gasteiger partial charge in [0.25, 0.3) is 0 Å². The van der Waals surface area contributed by atoms with E-state index in [2.05, 4.69) is 188 Å². The van der Waals surface area contributed by atoms with Gasteiger partial charge >= 0.3 is 0 Å². The second kappa shape index (κ2) is 12.9. The topological polar surface area (TPSA) is 25.8 Å². The minimum Gasteiger partial charge on any atom is -0.228 e. The highest BCUT2D eigenvalue weighted by Crippen LogP contribution is 2.47. The first-order valence-electron chi connectivity index (χ1n) is 18.7. The summed E-state index contributed by atoms with van der Waals surface area (Å²) < 4.78 is 2.61. The number of thiophene rings is 1. The maximum atomic E-state index is 5.45. The molecule has 256 valence electrons. The molecule has 0 atom stereocenters. The van der Waals surface area contributed by atoms with E-state index in [-0.39, 0.29) is 0 Å². The standard InChI is InChI=1S/C52H32N2S/c1-3-16-34(17-4-1)48-41-24-9-10-25-42(41)50(49-38-22-8-7-15-33(38)29-30-44(48)49)46-32-45(53-52(54-46)35-18-5-2-6-19-35)37-21-13-20-36(31-37)39-26-14-27-43-40-23-11-12-28-47(40)55-51(39)43/h1-32H. The molecule has 11 aromatic rings. The molecule has 2 aromatic heterocycles. The average molecular weight is 717 g/mol. The number of hydrogen-bond acceptors (Lipinski definition) is 3. The van der Waals surface area contributed by atoms with Crippen LogP contribution in [0.3, 0.4) is 0 Å². The SMILES string of the molecule is c1ccc(-c2nc(-c3cccc(-c4cccc5c4sc4ccccc45)c3)cc(-c3c4ccccc4c(-c4ccccc4)c4ccc5ccccc5c34)n2)cc1. The molecule has 2 nitrogen and oxygen atoms in total. The smallest absolute Gasteiger partial charge is 0.160 e. The molecule has 0 aliphatic carbocycles. The van der Waals surface area contributed by atoms with Gasteiger partial charge in [-0.05, 0) is 67.4 Å². The van der Waals surface area contributed by atoms with Crippen molar-refractivity contribution in [2.45, 2.75) is 0 Å². The molecule has 0 saturated carbocycles. The van der Waals surface area contributed by atoms with Gasteiger partial charge in [-0.25, -0.2) is 9.97 Å². The van der Waals surface area contributed by atoms with Gasteiger partial charge in [-0.15, -0.1) is 11.3 Å². The summed E-state index contributed by atoms with van der Waals surface area (Å²) in [6.45, 7) is 0. The van der Waals surface area contributed by atoms with Crippen LogP contribution in [0.15, 0.2) is 194 Å². The normalized spacial score (nSPS) is 11.6. The van der Waals surface area contributed by atoms with E-state index >= 15 is 0 Å². The molecule has 0 amide bonds. The van der Waals surface area contributed by atoms with E-state index in [9.17, 15) is 0 Å². The van der Waals surface area contributed by atoms with E-state index in [1.165, 1.54) is 74.7 Å². The fourth-order valence-corrected chi connectivity index (χ4v) is 9.63. The van der Waals surface area contributed by atoms with Crippen LogP contribution in [0.25, 0.3) is 109 Å². The summed E-state index contributed by atoms with van der Waals surface area (Å²) >= 11 is 1.86. The van der Waals surface area contributed by atoms with Crippen LogP contribution >= 0.6 is 11.3 Å². The van der Waals surface area contributed by atoms with Gasteiger partial charge in [0.05, 0.1) is 11.4 Å². The van der Waals surface area contributed by atoms with Crippen molar-refractivity contribution in [3.63, 3.8) is 0 Å². The molecule has 9 aromatic carbocycles. The molecule has 0 radical (unpaired) electrons. The predicted molar refractivity (Wildman–Crippen MR) is 235 cm³/mol. The lowest BCUT2D eigenvalue weighted by Crippen LogP contribution is -1.98. The largest absolute Gasteiger partial charge is 0.228 e. The fraction of sp³-hybridized carbons (Fsp3) is 0. The highest BCUT2D eigenvalue weighted by atomic mass is 32.1. The maximum absolute atomic E-state index is 5.45. The molecule has 0 aliphatic heterocycles. The van der Waals surface area contributed by atoms with Gasteiger partial charge in [-0.3, -0.25) is 0 Å². The van der Waals surface area contributed by atoms with Crippen LogP contribution in [0.2, 0.25) is 0 Å². The molecule has 0 bridgehead atoms. The van der Waals surface area contributed by atoms with Crippen LogP contribution in [0, 0.1) is 0 Å². The third-order valence-corrected chi connectivity index (χ3v) is 12.1. The predicted octanol–water partition coefficient (Wildman–Crippen LogP) is 14.6. The highest BCUT2D eigenvalue weighted by Gasteiger charge is 2.21. The Balaban J connectivity index is 1.21.